The fourth-order valence-corrected chi connectivity index (χ4v) is 3.05. The molecule has 2 aromatic rings. The van der Waals surface area contributed by atoms with Gasteiger partial charge in [-0.2, -0.15) is 0 Å². The van der Waals surface area contributed by atoms with E-state index in [2.05, 4.69) is 47.6 Å². The second-order valence-electron chi connectivity index (χ2n) is 4.61. The zero-order chi connectivity index (χ0) is 13.5. The van der Waals surface area contributed by atoms with Gasteiger partial charge in [-0.05, 0) is 24.7 Å². The van der Waals surface area contributed by atoms with Crippen molar-refractivity contribution in [2.75, 3.05) is 20.1 Å². The number of nitrogens with one attached hydrogen (secondary N) is 1. The van der Waals surface area contributed by atoms with Crippen LogP contribution in [-0.4, -0.2) is 25.0 Å². The van der Waals surface area contributed by atoms with E-state index in [1.807, 2.05) is 12.1 Å². The predicted octanol–water partition coefficient (Wildman–Crippen LogP) is 3.62. The number of likely N-dealkylation sites (N-methyl/N-ethyl adjacent to an activating group) is 1. The molecule has 0 fully saturated rings. The van der Waals surface area contributed by atoms with Crippen molar-refractivity contribution in [3.05, 3.63) is 57.2 Å². The predicted molar refractivity (Wildman–Crippen MR) is 83.8 cm³/mol. The molecule has 102 valence electrons. The molecule has 0 unspecified atom stereocenters. The fourth-order valence-electron chi connectivity index (χ4n) is 1.88. The summed E-state index contributed by atoms with van der Waals surface area (Å²) < 4.78 is 0.866. The molecule has 1 heterocycles. The van der Waals surface area contributed by atoms with Crippen molar-refractivity contribution < 1.29 is 0 Å². The molecule has 4 heteroatoms. The Morgan fingerprint density at radius 2 is 1.95 bits per heavy atom. The Hall–Kier alpha value is -0.870. The van der Waals surface area contributed by atoms with Gasteiger partial charge in [-0.1, -0.05) is 41.9 Å². The van der Waals surface area contributed by atoms with E-state index < -0.39 is 0 Å². The normalized spacial score (nSPS) is 11.1. The minimum atomic E-state index is 0.866. The van der Waals surface area contributed by atoms with E-state index in [1.165, 1.54) is 10.4 Å². The van der Waals surface area contributed by atoms with Crippen LogP contribution in [0.1, 0.15) is 10.4 Å². The highest BCUT2D eigenvalue weighted by Gasteiger charge is 2.02. The first-order valence-electron chi connectivity index (χ1n) is 6.41. The Balaban J connectivity index is 1.63. The maximum Gasteiger partial charge on any atom is 0.0931 e. The molecule has 2 rings (SSSR count). The van der Waals surface area contributed by atoms with Crippen LogP contribution in [0.15, 0.2) is 42.5 Å². The number of benzene rings is 1. The Kier molecular flexibility index (Phi) is 5.86. The second-order valence-corrected chi connectivity index (χ2v) is 6.41. The Bertz CT molecular complexity index is 484. The van der Waals surface area contributed by atoms with Crippen LogP contribution in [0.3, 0.4) is 0 Å². The largest absolute Gasteiger partial charge is 0.311 e. The lowest BCUT2D eigenvalue weighted by Crippen LogP contribution is -2.28. The van der Waals surface area contributed by atoms with Gasteiger partial charge < -0.3 is 10.2 Å². The smallest absolute Gasteiger partial charge is 0.0931 e. The molecule has 0 radical (unpaired) electrons. The minimum absolute atomic E-state index is 0.866. The van der Waals surface area contributed by atoms with Crippen LogP contribution in [-0.2, 0) is 13.1 Å². The molecule has 0 aliphatic carbocycles. The number of hydrogen-bond acceptors (Lipinski definition) is 3. The topological polar surface area (TPSA) is 15.3 Å². The lowest BCUT2D eigenvalue weighted by Gasteiger charge is -2.15. The zero-order valence-electron chi connectivity index (χ0n) is 11.1. The first kappa shape index (κ1) is 14.5. The zero-order valence-corrected chi connectivity index (χ0v) is 12.7. The molecule has 19 heavy (non-hydrogen) atoms. The van der Waals surface area contributed by atoms with Crippen LogP contribution in [0, 0.1) is 0 Å². The van der Waals surface area contributed by atoms with Gasteiger partial charge in [-0.3, -0.25) is 0 Å². The van der Waals surface area contributed by atoms with Gasteiger partial charge >= 0.3 is 0 Å². The Morgan fingerprint density at radius 3 is 2.63 bits per heavy atom. The summed E-state index contributed by atoms with van der Waals surface area (Å²) in [7, 11) is 2.14. The van der Waals surface area contributed by atoms with Gasteiger partial charge in [0.25, 0.3) is 0 Å². The molecule has 0 atom stereocenters. The molecular formula is C15H19ClN2S. The highest BCUT2D eigenvalue weighted by atomic mass is 35.5. The van der Waals surface area contributed by atoms with Crippen LogP contribution in [0.4, 0.5) is 0 Å². The van der Waals surface area contributed by atoms with Crippen molar-refractivity contribution in [1.29, 1.82) is 0 Å². The maximum atomic E-state index is 5.93. The minimum Gasteiger partial charge on any atom is -0.311 e. The van der Waals surface area contributed by atoms with Crippen LogP contribution in [0.2, 0.25) is 4.34 Å². The lowest BCUT2D eigenvalue weighted by molar-refractivity contribution is 0.327. The lowest BCUT2D eigenvalue weighted by atomic mass is 10.2. The first-order valence-corrected chi connectivity index (χ1v) is 7.61. The number of hydrogen-bond donors (Lipinski definition) is 1. The summed E-state index contributed by atoms with van der Waals surface area (Å²) in [5.41, 5.74) is 1.33. The fraction of sp³-hybridized carbons (Fsp3) is 0.333. The van der Waals surface area contributed by atoms with Gasteiger partial charge in [0.1, 0.15) is 0 Å². The summed E-state index contributed by atoms with van der Waals surface area (Å²) in [4.78, 5) is 3.62. The van der Waals surface area contributed by atoms with Crippen LogP contribution in [0.5, 0.6) is 0 Å². The third-order valence-electron chi connectivity index (χ3n) is 2.90. The van der Waals surface area contributed by atoms with Gasteiger partial charge in [0.05, 0.1) is 4.34 Å². The van der Waals surface area contributed by atoms with Gasteiger partial charge in [0.2, 0.25) is 0 Å². The first-order chi connectivity index (χ1) is 9.24. The average molecular weight is 295 g/mol. The van der Waals surface area contributed by atoms with Crippen molar-refractivity contribution in [2.24, 2.45) is 0 Å². The average Bonchev–Trinajstić information content (AvgIpc) is 2.81. The highest BCUT2D eigenvalue weighted by Crippen LogP contribution is 2.22. The summed E-state index contributed by atoms with van der Waals surface area (Å²) in [6.07, 6.45) is 0. The van der Waals surface area contributed by atoms with E-state index >= 15 is 0 Å². The monoisotopic (exact) mass is 294 g/mol. The molecule has 1 aromatic heterocycles. The van der Waals surface area contributed by atoms with Crippen molar-refractivity contribution in [1.82, 2.24) is 10.2 Å². The van der Waals surface area contributed by atoms with Gasteiger partial charge in [-0.25, -0.2) is 0 Å². The van der Waals surface area contributed by atoms with E-state index in [-0.39, 0.29) is 0 Å². The molecule has 0 saturated carbocycles. The SMILES string of the molecule is CN(CCNCc1ccccc1)Cc1ccc(Cl)s1. The molecular weight excluding hydrogens is 276 g/mol. The number of halogens is 1. The Morgan fingerprint density at radius 1 is 1.16 bits per heavy atom. The van der Waals surface area contributed by atoms with Crippen LogP contribution in [0.25, 0.3) is 0 Å². The Labute approximate surface area is 124 Å². The third-order valence-corrected chi connectivity index (χ3v) is 4.11. The number of rotatable bonds is 7. The van der Waals surface area contributed by atoms with E-state index in [4.69, 9.17) is 11.6 Å². The summed E-state index contributed by atoms with van der Waals surface area (Å²) >= 11 is 7.58. The number of nitrogens with zero attached hydrogens (tertiary/aromatic N) is 1. The van der Waals surface area contributed by atoms with E-state index in [0.717, 1.165) is 30.5 Å². The van der Waals surface area contributed by atoms with Crippen molar-refractivity contribution in [3.63, 3.8) is 0 Å². The molecule has 2 nitrogen and oxygen atoms in total. The molecule has 0 aliphatic rings. The molecule has 0 bridgehead atoms. The molecule has 0 saturated heterocycles. The molecule has 0 aliphatic heterocycles. The molecule has 0 amide bonds. The van der Waals surface area contributed by atoms with Crippen LogP contribution >= 0.6 is 22.9 Å². The second kappa shape index (κ2) is 7.65. The molecule has 1 N–H and O–H groups in total. The third kappa shape index (κ3) is 5.33. The maximum absolute atomic E-state index is 5.93. The van der Waals surface area contributed by atoms with Gasteiger partial charge in [0, 0.05) is 31.1 Å². The van der Waals surface area contributed by atoms with E-state index in [0.29, 0.717) is 0 Å². The molecule has 0 spiro atoms. The van der Waals surface area contributed by atoms with E-state index in [9.17, 15) is 0 Å². The standard InChI is InChI=1S/C15H19ClN2S/c1-18(12-14-7-8-15(16)19-14)10-9-17-11-13-5-3-2-4-6-13/h2-8,17H,9-12H2,1H3. The summed E-state index contributed by atoms with van der Waals surface area (Å²) in [6, 6.07) is 14.5. The van der Waals surface area contributed by atoms with Crippen molar-refractivity contribution in [2.45, 2.75) is 13.1 Å². The summed E-state index contributed by atoms with van der Waals surface area (Å²) in [6.45, 7) is 3.91. The number of thiophene rings is 1. The van der Waals surface area contributed by atoms with Crippen molar-refractivity contribution in [3.8, 4) is 0 Å². The van der Waals surface area contributed by atoms with Gasteiger partial charge in [-0.15, -0.1) is 11.3 Å². The summed E-state index contributed by atoms with van der Waals surface area (Å²) in [5, 5.41) is 3.46. The highest BCUT2D eigenvalue weighted by molar-refractivity contribution is 7.16. The van der Waals surface area contributed by atoms with Crippen LogP contribution < -0.4 is 5.32 Å². The quantitative estimate of drug-likeness (QED) is 0.785. The molecule has 1 aromatic carbocycles. The van der Waals surface area contributed by atoms with Gasteiger partial charge in [0.15, 0.2) is 0 Å². The summed E-state index contributed by atoms with van der Waals surface area (Å²) in [5.74, 6) is 0. The van der Waals surface area contributed by atoms with Crippen molar-refractivity contribution >= 4 is 22.9 Å². The van der Waals surface area contributed by atoms with E-state index in [1.54, 1.807) is 11.3 Å².